The number of aromatic nitrogens is 4. The lowest BCUT2D eigenvalue weighted by molar-refractivity contribution is 0.668. The molecule has 4 aromatic heterocycles. The summed E-state index contributed by atoms with van der Waals surface area (Å²) in [6, 6.07) is 45.6. The first-order chi connectivity index (χ1) is 28.2. The molecule has 0 spiro atoms. The van der Waals surface area contributed by atoms with Crippen LogP contribution < -0.4 is 0 Å². The van der Waals surface area contributed by atoms with Gasteiger partial charge in [0.25, 0.3) is 0 Å². The number of allylic oxidation sites excluding steroid dienone is 5. The predicted octanol–water partition coefficient (Wildman–Crippen LogP) is 13.8. The molecule has 0 saturated heterocycles. The second-order valence-electron chi connectivity index (χ2n) is 15.0. The SMILES string of the molecule is C1=CCCC(c2nc(-c3ccccc3)nc(-c3ccc4sc5ccc(-c6ccc7c(c6)oc6cc(-n8c9c(c%10ccccc%108)C=CCC9)ccc67)cc5c4c3)n2)=C1. The second-order valence-corrected chi connectivity index (χ2v) is 16.1. The highest BCUT2D eigenvalue weighted by atomic mass is 32.1. The number of rotatable bonds is 5. The van der Waals surface area contributed by atoms with Crippen molar-refractivity contribution in [2.75, 3.05) is 0 Å². The van der Waals surface area contributed by atoms with Crippen molar-refractivity contribution in [3.8, 4) is 39.6 Å². The molecule has 270 valence electrons. The lowest BCUT2D eigenvalue weighted by atomic mass is 10.0. The van der Waals surface area contributed by atoms with Crippen LogP contribution in [0.1, 0.15) is 36.3 Å². The van der Waals surface area contributed by atoms with E-state index in [1.807, 2.05) is 29.5 Å². The molecular formula is C51H34N4OS. The Bertz CT molecular complexity index is 3360. The Hall–Kier alpha value is -6.89. The Morgan fingerprint density at radius 3 is 2.05 bits per heavy atom. The van der Waals surface area contributed by atoms with Gasteiger partial charge in [-0.1, -0.05) is 91.0 Å². The summed E-state index contributed by atoms with van der Waals surface area (Å²) in [5.74, 6) is 2.12. The van der Waals surface area contributed by atoms with Gasteiger partial charge >= 0.3 is 0 Å². The minimum atomic E-state index is 0.687. The number of para-hydroxylation sites is 1. The summed E-state index contributed by atoms with van der Waals surface area (Å²) >= 11 is 1.82. The van der Waals surface area contributed by atoms with Gasteiger partial charge in [-0.25, -0.2) is 15.0 Å². The zero-order valence-electron chi connectivity index (χ0n) is 30.9. The molecule has 0 atom stereocenters. The van der Waals surface area contributed by atoms with Gasteiger partial charge in [-0.3, -0.25) is 0 Å². The molecule has 0 unspecified atom stereocenters. The van der Waals surface area contributed by atoms with Crippen LogP contribution in [0.5, 0.6) is 0 Å². The number of benzene rings is 6. The molecule has 6 heteroatoms. The van der Waals surface area contributed by atoms with E-state index in [9.17, 15) is 0 Å². The molecule has 0 saturated carbocycles. The van der Waals surface area contributed by atoms with E-state index in [0.717, 1.165) is 87.0 Å². The van der Waals surface area contributed by atoms with Crippen molar-refractivity contribution in [1.29, 1.82) is 0 Å². The van der Waals surface area contributed by atoms with E-state index in [0.29, 0.717) is 11.6 Å². The number of nitrogens with zero attached hydrogens (tertiary/aromatic N) is 4. The maximum atomic E-state index is 6.66. The molecule has 0 aliphatic heterocycles. The summed E-state index contributed by atoms with van der Waals surface area (Å²) in [5, 5.41) is 5.97. The van der Waals surface area contributed by atoms with Crippen LogP contribution in [0.3, 0.4) is 0 Å². The molecule has 57 heavy (non-hydrogen) atoms. The first-order valence-electron chi connectivity index (χ1n) is 19.6. The summed E-state index contributed by atoms with van der Waals surface area (Å²) in [6.07, 6.45) is 15.0. The lowest BCUT2D eigenvalue weighted by Crippen LogP contribution is -2.03. The van der Waals surface area contributed by atoms with Crippen molar-refractivity contribution < 1.29 is 4.42 Å². The van der Waals surface area contributed by atoms with Crippen LogP contribution in [0.4, 0.5) is 0 Å². The Labute approximate surface area is 332 Å². The maximum Gasteiger partial charge on any atom is 0.164 e. The van der Waals surface area contributed by atoms with Gasteiger partial charge in [0.1, 0.15) is 11.2 Å². The van der Waals surface area contributed by atoms with Gasteiger partial charge in [0.05, 0.1) is 5.52 Å². The van der Waals surface area contributed by atoms with Crippen molar-refractivity contribution >= 4 is 76.0 Å². The molecule has 10 aromatic rings. The minimum absolute atomic E-state index is 0.687. The van der Waals surface area contributed by atoms with Gasteiger partial charge in [-0.05, 0) is 103 Å². The third-order valence-corrected chi connectivity index (χ3v) is 12.7. The number of furan rings is 1. The highest BCUT2D eigenvalue weighted by Crippen LogP contribution is 2.41. The van der Waals surface area contributed by atoms with E-state index in [1.54, 1.807) is 0 Å². The smallest absolute Gasteiger partial charge is 0.164 e. The van der Waals surface area contributed by atoms with Crippen LogP contribution in [0.15, 0.2) is 156 Å². The molecule has 2 aliphatic rings. The van der Waals surface area contributed by atoms with Crippen LogP contribution in [-0.4, -0.2) is 19.5 Å². The average Bonchev–Trinajstić information content (AvgIpc) is 3.95. The Morgan fingerprint density at radius 2 is 1.21 bits per heavy atom. The third-order valence-electron chi connectivity index (χ3n) is 11.6. The Kier molecular flexibility index (Phi) is 7.29. The summed E-state index contributed by atoms with van der Waals surface area (Å²) in [4.78, 5) is 15.0. The normalized spacial score (nSPS) is 14.0. The fraction of sp³-hybridized carbons (Fsp3) is 0.0784. The fourth-order valence-electron chi connectivity index (χ4n) is 8.80. The molecule has 12 rings (SSSR count). The lowest BCUT2D eigenvalue weighted by Gasteiger charge is -2.13. The monoisotopic (exact) mass is 750 g/mol. The molecule has 0 fully saturated rings. The molecule has 0 radical (unpaired) electrons. The average molecular weight is 751 g/mol. The van der Waals surface area contributed by atoms with Crippen LogP contribution in [-0.2, 0) is 6.42 Å². The summed E-state index contributed by atoms with van der Waals surface area (Å²) in [5.41, 5.74) is 12.2. The maximum absolute atomic E-state index is 6.66. The third kappa shape index (κ3) is 5.32. The second kappa shape index (κ2) is 12.8. The molecule has 0 amide bonds. The quantitative estimate of drug-likeness (QED) is 0.176. The summed E-state index contributed by atoms with van der Waals surface area (Å²) in [6.45, 7) is 0. The zero-order chi connectivity index (χ0) is 37.5. The van der Waals surface area contributed by atoms with Crippen molar-refractivity contribution in [3.05, 3.63) is 169 Å². The van der Waals surface area contributed by atoms with Crippen LogP contribution in [0.25, 0.3) is 104 Å². The Balaban J connectivity index is 0.939. The topological polar surface area (TPSA) is 56.7 Å². The Morgan fingerprint density at radius 1 is 0.526 bits per heavy atom. The van der Waals surface area contributed by atoms with Crippen molar-refractivity contribution in [3.63, 3.8) is 0 Å². The van der Waals surface area contributed by atoms with Gasteiger partial charge in [0, 0.05) is 70.5 Å². The highest BCUT2D eigenvalue weighted by Gasteiger charge is 2.20. The van der Waals surface area contributed by atoms with E-state index in [4.69, 9.17) is 19.4 Å². The van der Waals surface area contributed by atoms with E-state index < -0.39 is 0 Å². The number of thiophene rings is 1. The molecular weight excluding hydrogens is 717 g/mol. The number of hydrogen-bond acceptors (Lipinski definition) is 5. The molecule has 4 heterocycles. The fourth-order valence-corrected chi connectivity index (χ4v) is 9.87. The van der Waals surface area contributed by atoms with Crippen LogP contribution >= 0.6 is 11.3 Å². The van der Waals surface area contributed by atoms with E-state index >= 15 is 0 Å². The summed E-state index contributed by atoms with van der Waals surface area (Å²) < 4.78 is 11.6. The van der Waals surface area contributed by atoms with Gasteiger partial charge in [0.2, 0.25) is 0 Å². The van der Waals surface area contributed by atoms with E-state index in [1.165, 1.54) is 42.3 Å². The molecule has 5 nitrogen and oxygen atoms in total. The van der Waals surface area contributed by atoms with E-state index in [-0.39, 0.29) is 0 Å². The van der Waals surface area contributed by atoms with Crippen LogP contribution in [0, 0.1) is 0 Å². The summed E-state index contributed by atoms with van der Waals surface area (Å²) in [7, 11) is 0. The zero-order valence-corrected chi connectivity index (χ0v) is 31.8. The van der Waals surface area contributed by atoms with Crippen molar-refractivity contribution in [2.45, 2.75) is 25.7 Å². The highest BCUT2D eigenvalue weighted by molar-refractivity contribution is 7.25. The molecule has 2 aliphatic carbocycles. The van der Waals surface area contributed by atoms with Gasteiger partial charge in [-0.15, -0.1) is 11.3 Å². The van der Waals surface area contributed by atoms with Crippen LogP contribution in [0.2, 0.25) is 0 Å². The van der Waals surface area contributed by atoms with Crippen molar-refractivity contribution in [1.82, 2.24) is 19.5 Å². The molecule has 6 aromatic carbocycles. The minimum Gasteiger partial charge on any atom is -0.456 e. The van der Waals surface area contributed by atoms with Gasteiger partial charge in [-0.2, -0.15) is 0 Å². The standard InChI is InChI=1S/C51H34N4OS/c1-3-11-31(12-4-1)49-52-50(32-13-5-2-6-14-32)54-51(53-49)35-21-26-48-42(28-35)41-27-33(20-25-47(41)57-48)34-19-23-39-40-24-22-36(30-46(40)56-45(39)29-34)55-43-17-9-7-15-37(43)38-16-8-10-18-44(38)55/h1-5,7-9,11-13,15-17,19-30H,6,10,14,18H2. The first kappa shape index (κ1) is 32.4. The molecule has 0 bridgehead atoms. The van der Waals surface area contributed by atoms with E-state index in [2.05, 4.69) is 144 Å². The number of fused-ring (bicyclic) bond motifs is 9. The van der Waals surface area contributed by atoms with Crippen molar-refractivity contribution in [2.24, 2.45) is 0 Å². The molecule has 0 N–H and O–H groups in total. The first-order valence-corrected chi connectivity index (χ1v) is 20.4. The number of hydrogen-bond donors (Lipinski definition) is 0. The van der Waals surface area contributed by atoms with Gasteiger partial charge in [0.15, 0.2) is 17.5 Å². The largest absolute Gasteiger partial charge is 0.456 e. The van der Waals surface area contributed by atoms with Gasteiger partial charge < -0.3 is 8.98 Å². The predicted molar refractivity (Wildman–Crippen MR) is 237 cm³/mol.